The second-order valence-electron chi connectivity index (χ2n) is 8.39. The van der Waals surface area contributed by atoms with Crippen molar-refractivity contribution in [3.63, 3.8) is 0 Å². The zero-order chi connectivity index (χ0) is 18.9. The molecule has 27 heavy (non-hydrogen) atoms. The number of rotatable bonds is 3. The number of aromatic nitrogens is 1. The lowest BCUT2D eigenvalue weighted by Gasteiger charge is -2.40. The highest BCUT2D eigenvalue weighted by molar-refractivity contribution is 5.88. The fourth-order valence-electron chi connectivity index (χ4n) is 5.09. The van der Waals surface area contributed by atoms with E-state index < -0.39 is 5.60 Å². The van der Waals surface area contributed by atoms with Crippen molar-refractivity contribution in [3.8, 4) is 0 Å². The molecular formula is C21H28N2O4. The maximum Gasteiger partial charge on any atom is 0.307 e. The van der Waals surface area contributed by atoms with Crippen LogP contribution < -0.4 is 5.56 Å². The number of hydrogen-bond acceptors (Lipinski definition) is 4. The van der Waals surface area contributed by atoms with Crippen LogP contribution in [-0.4, -0.2) is 40.5 Å². The third-order valence-electron chi connectivity index (χ3n) is 6.62. The van der Waals surface area contributed by atoms with E-state index in [0.717, 1.165) is 70.0 Å². The van der Waals surface area contributed by atoms with Crippen LogP contribution in [0.4, 0.5) is 0 Å². The summed E-state index contributed by atoms with van der Waals surface area (Å²) in [5.74, 6) is 0.138. The van der Waals surface area contributed by atoms with Crippen LogP contribution in [0.3, 0.4) is 0 Å². The van der Waals surface area contributed by atoms with Gasteiger partial charge in [-0.2, -0.15) is 0 Å². The van der Waals surface area contributed by atoms with Crippen LogP contribution in [0.2, 0.25) is 0 Å². The third-order valence-corrected chi connectivity index (χ3v) is 6.62. The first kappa shape index (κ1) is 18.3. The summed E-state index contributed by atoms with van der Waals surface area (Å²) in [6, 6.07) is 3.44. The first-order valence-corrected chi connectivity index (χ1v) is 10.2. The van der Waals surface area contributed by atoms with E-state index in [2.05, 4.69) is 4.98 Å². The molecule has 6 heteroatoms. The van der Waals surface area contributed by atoms with Gasteiger partial charge in [-0.05, 0) is 56.4 Å². The SMILES string of the molecule is O=C1CC(C(=O)N2CCC(Cc3ccc(=O)[nH]c3)CC2)C2(CCCCC2)O1. The third kappa shape index (κ3) is 3.80. The molecular weight excluding hydrogens is 344 g/mol. The largest absolute Gasteiger partial charge is 0.458 e. The summed E-state index contributed by atoms with van der Waals surface area (Å²) >= 11 is 0. The van der Waals surface area contributed by atoms with Crippen LogP contribution in [-0.2, 0) is 20.7 Å². The lowest BCUT2D eigenvalue weighted by atomic mass is 9.75. The number of aromatic amines is 1. The first-order valence-electron chi connectivity index (χ1n) is 10.2. The summed E-state index contributed by atoms with van der Waals surface area (Å²) in [4.78, 5) is 41.0. The van der Waals surface area contributed by atoms with Crippen LogP contribution in [0, 0.1) is 11.8 Å². The number of hydrogen-bond donors (Lipinski definition) is 1. The van der Waals surface area contributed by atoms with E-state index in [4.69, 9.17) is 4.74 Å². The maximum atomic E-state index is 13.2. The van der Waals surface area contributed by atoms with Gasteiger partial charge in [-0.1, -0.05) is 12.5 Å². The molecule has 1 unspecified atom stereocenters. The minimum atomic E-state index is -0.529. The van der Waals surface area contributed by atoms with E-state index in [1.807, 2.05) is 11.0 Å². The molecule has 3 aliphatic rings. The lowest BCUT2D eigenvalue weighted by molar-refractivity contribution is -0.156. The number of ether oxygens (including phenoxy) is 1. The normalized spacial score (nSPS) is 25.6. The van der Waals surface area contributed by atoms with Gasteiger partial charge in [-0.15, -0.1) is 0 Å². The van der Waals surface area contributed by atoms with Gasteiger partial charge in [0.15, 0.2) is 0 Å². The maximum absolute atomic E-state index is 13.2. The molecule has 1 saturated carbocycles. The minimum absolute atomic E-state index is 0.0795. The minimum Gasteiger partial charge on any atom is -0.458 e. The van der Waals surface area contributed by atoms with Gasteiger partial charge in [0, 0.05) is 25.4 Å². The zero-order valence-corrected chi connectivity index (χ0v) is 15.7. The van der Waals surface area contributed by atoms with E-state index in [1.54, 1.807) is 12.3 Å². The molecule has 3 heterocycles. The fraction of sp³-hybridized carbons (Fsp3) is 0.667. The van der Waals surface area contributed by atoms with Gasteiger partial charge in [0.1, 0.15) is 5.60 Å². The Labute approximate surface area is 159 Å². The fourth-order valence-corrected chi connectivity index (χ4v) is 5.09. The van der Waals surface area contributed by atoms with E-state index >= 15 is 0 Å². The zero-order valence-electron chi connectivity index (χ0n) is 15.7. The van der Waals surface area contributed by atoms with Gasteiger partial charge < -0.3 is 14.6 Å². The predicted octanol–water partition coefficient (Wildman–Crippen LogP) is 2.42. The molecule has 1 atom stereocenters. The van der Waals surface area contributed by atoms with E-state index in [1.165, 1.54) is 0 Å². The standard InChI is InChI=1S/C21H28N2O4/c24-18-5-4-16(14-22-18)12-15-6-10-23(11-7-15)20(26)17-13-19(25)27-21(17)8-2-1-3-9-21/h4-5,14-15,17H,1-3,6-13H2,(H,22,24). The Morgan fingerprint density at radius 3 is 2.56 bits per heavy atom. The number of likely N-dealkylation sites (tertiary alicyclic amines) is 1. The first-order chi connectivity index (χ1) is 13.1. The summed E-state index contributed by atoms with van der Waals surface area (Å²) < 4.78 is 5.71. The Bertz CT molecular complexity index is 737. The number of carbonyl (C=O) groups excluding carboxylic acids is 2. The number of pyridine rings is 1. The smallest absolute Gasteiger partial charge is 0.307 e. The average Bonchev–Trinajstić information content (AvgIpc) is 2.99. The van der Waals surface area contributed by atoms with E-state index in [9.17, 15) is 14.4 Å². The summed E-state index contributed by atoms with van der Waals surface area (Å²) in [5.41, 5.74) is 0.526. The number of esters is 1. The molecule has 0 radical (unpaired) electrons. The highest BCUT2D eigenvalue weighted by atomic mass is 16.6. The highest BCUT2D eigenvalue weighted by Gasteiger charge is 2.53. The molecule has 146 valence electrons. The number of carbonyl (C=O) groups is 2. The molecule has 4 rings (SSSR count). The predicted molar refractivity (Wildman–Crippen MR) is 100 cm³/mol. The average molecular weight is 372 g/mol. The lowest BCUT2D eigenvalue weighted by Crippen LogP contribution is -2.49. The van der Waals surface area contributed by atoms with Gasteiger partial charge in [0.25, 0.3) is 0 Å². The van der Waals surface area contributed by atoms with Crippen molar-refractivity contribution >= 4 is 11.9 Å². The van der Waals surface area contributed by atoms with Crippen LogP contribution in [0.5, 0.6) is 0 Å². The van der Waals surface area contributed by atoms with Gasteiger partial charge in [-0.25, -0.2) is 0 Å². The second kappa shape index (κ2) is 7.49. The molecule has 2 aliphatic heterocycles. The molecule has 1 spiro atoms. The Kier molecular flexibility index (Phi) is 5.06. The van der Waals surface area contributed by atoms with Crippen molar-refractivity contribution in [1.82, 2.24) is 9.88 Å². The Morgan fingerprint density at radius 1 is 1.15 bits per heavy atom. The summed E-state index contributed by atoms with van der Waals surface area (Å²) in [6.45, 7) is 1.49. The van der Waals surface area contributed by atoms with Crippen LogP contribution >= 0.6 is 0 Å². The molecule has 1 amide bonds. The van der Waals surface area contributed by atoms with Crippen LogP contribution in [0.1, 0.15) is 56.9 Å². The molecule has 0 aromatic carbocycles. The van der Waals surface area contributed by atoms with Gasteiger partial charge in [0.2, 0.25) is 11.5 Å². The summed E-state index contributed by atoms with van der Waals surface area (Å²) in [5, 5.41) is 0. The molecule has 3 fully saturated rings. The van der Waals surface area contributed by atoms with E-state index in [0.29, 0.717) is 5.92 Å². The van der Waals surface area contributed by atoms with Crippen LogP contribution in [0.15, 0.2) is 23.1 Å². The second-order valence-corrected chi connectivity index (χ2v) is 8.39. The van der Waals surface area contributed by atoms with Crippen LogP contribution in [0.25, 0.3) is 0 Å². The van der Waals surface area contributed by atoms with Gasteiger partial charge in [-0.3, -0.25) is 14.4 Å². The number of nitrogens with one attached hydrogen (secondary N) is 1. The quantitative estimate of drug-likeness (QED) is 0.827. The Balaban J connectivity index is 1.36. The van der Waals surface area contributed by atoms with Crippen molar-refractivity contribution in [2.75, 3.05) is 13.1 Å². The number of amides is 1. The molecule has 1 aromatic heterocycles. The molecule has 1 aliphatic carbocycles. The van der Waals surface area contributed by atoms with Crippen molar-refractivity contribution in [1.29, 1.82) is 0 Å². The summed E-state index contributed by atoms with van der Waals surface area (Å²) in [6.07, 6.45) is 9.78. The van der Waals surface area contributed by atoms with Gasteiger partial charge in [0.05, 0.1) is 12.3 Å². The Hall–Kier alpha value is -2.11. The van der Waals surface area contributed by atoms with Crippen molar-refractivity contribution in [3.05, 3.63) is 34.2 Å². The monoisotopic (exact) mass is 372 g/mol. The molecule has 2 saturated heterocycles. The van der Waals surface area contributed by atoms with Crippen molar-refractivity contribution in [2.45, 2.75) is 63.4 Å². The molecule has 1 aromatic rings. The van der Waals surface area contributed by atoms with E-state index in [-0.39, 0.29) is 29.8 Å². The van der Waals surface area contributed by atoms with Crippen molar-refractivity contribution in [2.24, 2.45) is 11.8 Å². The number of piperidine rings is 1. The van der Waals surface area contributed by atoms with Crippen molar-refractivity contribution < 1.29 is 14.3 Å². The topological polar surface area (TPSA) is 79.5 Å². The summed E-state index contributed by atoms with van der Waals surface area (Å²) in [7, 11) is 0. The molecule has 6 nitrogen and oxygen atoms in total. The molecule has 1 N–H and O–H groups in total. The number of H-pyrrole nitrogens is 1. The highest BCUT2D eigenvalue weighted by Crippen LogP contribution is 2.45. The molecule has 0 bridgehead atoms. The Morgan fingerprint density at radius 2 is 1.89 bits per heavy atom. The van der Waals surface area contributed by atoms with Gasteiger partial charge >= 0.3 is 5.97 Å². The number of nitrogens with zero attached hydrogens (tertiary/aromatic N) is 1.